The quantitative estimate of drug-likeness (QED) is 0.562. The zero-order valence-corrected chi connectivity index (χ0v) is 9.84. The van der Waals surface area contributed by atoms with E-state index in [2.05, 4.69) is 15.9 Å². The van der Waals surface area contributed by atoms with E-state index in [0.717, 1.165) is 5.32 Å². The summed E-state index contributed by atoms with van der Waals surface area (Å²) in [6.07, 6.45) is 0.669. The molecule has 0 aromatic carbocycles. The standard InChI is InChI=1S/C8H15NO3Se/c1-6(10)9-7(4-5-13-3)8(11)12-2/h7H,4-5H2,1-3H3,(H,9,10)/t7-/m0/s1. The third kappa shape index (κ3) is 5.66. The number of carbonyl (C=O) groups excluding carboxylic acids is 2. The van der Waals surface area contributed by atoms with Crippen LogP contribution in [0, 0.1) is 0 Å². The van der Waals surface area contributed by atoms with Crippen molar-refractivity contribution < 1.29 is 14.3 Å². The minimum absolute atomic E-state index is 0.195. The Morgan fingerprint density at radius 1 is 1.54 bits per heavy atom. The van der Waals surface area contributed by atoms with Crippen molar-refractivity contribution in [3.8, 4) is 0 Å². The van der Waals surface area contributed by atoms with Crippen LogP contribution < -0.4 is 5.32 Å². The van der Waals surface area contributed by atoms with Crippen LogP contribution in [0.4, 0.5) is 0 Å². The number of esters is 1. The van der Waals surface area contributed by atoms with Gasteiger partial charge in [0.1, 0.15) is 0 Å². The summed E-state index contributed by atoms with van der Waals surface area (Å²) in [5.74, 6) is 1.54. The van der Waals surface area contributed by atoms with Crippen molar-refractivity contribution in [2.45, 2.75) is 30.5 Å². The molecular formula is C8H15NO3Se. The van der Waals surface area contributed by atoms with Crippen LogP contribution >= 0.6 is 0 Å². The van der Waals surface area contributed by atoms with Crippen molar-refractivity contribution in [1.82, 2.24) is 5.32 Å². The van der Waals surface area contributed by atoms with Gasteiger partial charge in [-0.05, 0) is 0 Å². The summed E-state index contributed by atoms with van der Waals surface area (Å²) < 4.78 is 4.56. The SMILES string of the molecule is COC(=O)[C@H](CC[Se]C)NC(C)=O. The van der Waals surface area contributed by atoms with Gasteiger partial charge >= 0.3 is 84.1 Å². The molecule has 0 rings (SSSR count). The Labute approximate surface area is 84.6 Å². The van der Waals surface area contributed by atoms with Crippen LogP contribution in [0.3, 0.4) is 0 Å². The van der Waals surface area contributed by atoms with Gasteiger partial charge in [-0.2, -0.15) is 0 Å². The van der Waals surface area contributed by atoms with Crippen molar-refractivity contribution in [2.24, 2.45) is 0 Å². The van der Waals surface area contributed by atoms with Gasteiger partial charge in [-0.1, -0.05) is 0 Å². The third-order valence-electron chi connectivity index (χ3n) is 1.47. The Bertz CT molecular complexity index is 184. The van der Waals surface area contributed by atoms with E-state index in [0.29, 0.717) is 21.4 Å². The van der Waals surface area contributed by atoms with E-state index in [-0.39, 0.29) is 11.9 Å². The molecule has 4 nitrogen and oxygen atoms in total. The van der Waals surface area contributed by atoms with Gasteiger partial charge in [-0.15, -0.1) is 0 Å². The Kier molecular flexibility index (Phi) is 6.63. The molecule has 0 unspecified atom stereocenters. The first-order valence-electron chi connectivity index (χ1n) is 3.95. The molecule has 1 amide bonds. The van der Waals surface area contributed by atoms with Gasteiger partial charge in [0.25, 0.3) is 0 Å². The number of ether oxygens (including phenoxy) is 1. The van der Waals surface area contributed by atoms with Gasteiger partial charge in [-0.25, -0.2) is 0 Å². The van der Waals surface area contributed by atoms with E-state index in [1.54, 1.807) is 0 Å². The van der Waals surface area contributed by atoms with Gasteiger partial charge in [0.15, 0.2) is 0 Å². The molecule has 0 saturated heterocycles. The first-order valence-corrected chi connectivity index (χ1v) is 6.88. The summed E-state index contributed by atoms with van der Waals surface area (Å²) in [7, 11) is 1.33. The fraction of sp³-hybridized carbons (Fsp3) is 0.750. The van der Waals surface area contributed by atoms with E-state index < -0.39 is 6.04 Å². The topological polar surface area (TPSA) is 55.4 Å². The summed E-state index contributed by atoms with van der Waals surface area (Å²) in [4.78, 5) is 21.8. The predicted octanol–water partition coefficient (Wildman–Crippen LogP) is 0.225. The summed E-state index contributed by atoms with van der Waals surface area (Å²) in [6.45, 7) is 1.40. The molecule has 0 fully saturated rings. The molecule has 13 heavy (non-hydrogen) atoms. The molecule has 0 aliphatic rings. The molecule has 5 heteroatoms. The summed E-state index contributed by atoms with van der Waals surface area (Å²) in [5.41, 5.74) is 0. The fourth-order valence-corrected chi connectivity index (χ4v) is 1.86. The molecule has 1 N–H and O–H groups in total. The molecule has 1 atom stereocenters. The first kappa shape index (κ1) is 12.5. The number of carbonyl (C=O) groups is 2. The molecule has 0 bridgehead atoms. The van der Waals surface area contributed by atoms with Gasteiger partial charge in [-0.3, -0.25) is 0 Å². The van der Waals surface area contributed by atoms with Gasteiger partial charge in [0, 0.05) is 0 Å². The fourth-order valence-electron chi connectivity index (χ4n) is 0.872. The number of nitrogens with one attached hydrogen (secondary N) is 1. The third-order valence-corrected chi connectivity index (χ3v) is 2.82. The number of amides is 1. The summed E-state index contributed by atoms with van der Waals surface area (Å²) in [5, 5.41) is 3.53. The van der Waals surface area contributed by atoms with Crippen LogP contribution in [-0.4, -0.2) is 40.0 Å². The maximum absolute atomic E-state index is 11.1. The molecular weight excluding hydrogens is 237 g/mol. The van der Waals surface area contributed by atoms with Crippen molar-refractivity contribution >= 4 is 26.8 Å². The van der Waals surface area contributed by atoms with Crippen molar-refractivity contribution in [2.75, 3.05) is 7.11 Å². The van der Waals surface area contributed by atoms with Gasteiger partial charge in [0.2, 0.25) is 0 Å². The van der Waals surface area contributed by atoms with Crippen molar-refractivity contribution in [3.63, 3.8) is 0 Å². The number of rotatable bonds is 5. The Hall–Kier alpha value is -0.541. The Morgan fingerprint density at radius 2 is 2.15 bits per heavy atom. The average Bonchev–Trinajstić information content (AvgIpc) is 2.10. The second-order valence-electron chi connectivity index (χ2n) is 2.56. The predicted molar refractivity (Wildman–Crippen MR) is 50.7 cm³/mol. The van der Waals surface area contributed by atoms with Crippen LogP contribution in [0.15, 0.2) is 0 Å². The summed E-state index contributed by atoms with van der Waals surface area (Å²) in [6, 6.07) is -0.468. The van der Waals surface area contributed by atoms with Crippen molar-refractivity contribution in [3.05, 3.63) is 0 Å². The molecule has 0 spiro atoms. The Balaban J connectivity index is 4.02. The van der Waals surface area contributed by atoms with E-state index in [1.807, 2.05) is 0 Å². The monoisotopic (exact) mass is 253 g/mol. The second-order valence-corrected chi connectivity index (χ2v) is 4.63. The molecule has 76 valence electrons. The molecule has 0 heterocycles. The molecule has 0 aromatic rings. The van der Waals surface area contributed by atoms with E-state index in [4.69, 9.17) is 0 Å². The average molecular weight is 252 g/mol. The van der Waals surface area contributed by atoms with E-state index in [9.17, 15) is 9.59 Å². The molecule has 0 aromatic heterocycles. The first-order chi connectivity index (χ1) is 6.11. The molecule has 0 aliphatic heterocycles. The molecule has 0 aliphatic carbocycles. The molecule has 0 radical (unpaired) electrons. The second kappa shape index (κ2) is 6.92. The van der Waals surface area contributed by atoms with Crippen LogP contribution in [0.5, 0.6) is 0 Å². The van der Waals surface area contributed by atoms with Gasteiger partial charge in [0.05, 0.1) is 0 Å². The number of hydrogen-bond acceptors (Lipinski definition) is 3. The van der Waals surface area contributed by atoms with Crippen LogP contribution in [0.1, 0.15) is 13.3 Å². The van der Waals surface area contributed by atoms with Crippen LogP contribution in [0.2, 0.25) is 11.1 Å². The maximum atomic E-state index is 11.1. The van der Waals surface area contributed by atoms with Crippen LogP contribution in [-0.2, 0) is 14.3 Å². The minimum atomic E-state index is -0.468. The zero-order chi connectivity index (χ0) is 10.3. The van der Waals surface area contributed by atoms with E-state index in [1.165, 1.54) is 14.0 Å². The Morgan fingerprint density at radius 3 is 2.54 bits per heavy atom. The molecule has 0 saturated carbocycles. The van der Waals surface area contributed by atoms with E-state index >= 15 is 0 Å². The number of hydrogen-bond donors (Lipinski definition) is 1. The van der Waals surface area contributed by atoms with Crippen LogP contribution in [0.25, 0.3) is 0 Å². The zero-order valence-electron chi connectivity index (χ0n) is 8.12. The normalized spacial score (nSPS) is 11.9. The summed E-state index contributed by atoms with van der Waals surface area (Å²) >= 11 is 0.519. The van der Waals surface area contributed by atoms with Crippen molar-refractivity contribution in [1.29, 1.82) is 0 Å². The van der Waals surface area contributed by atoms with Gasteiger partial charge < -0.3 is 0 Å². The number of methoxy groups -OCH3 is 1.